The van der Waals surface area contributed by atoms with Crippen molar-refractivity contribution in [3.05, 3.63) is 22.0 Å². The minimum atomic E-state index is -0.941. The molecule has 0 aliphatic heterocycles. The lowest BCUT2D eigenvalue weighted by molar-refractivity contribution is -0.385. The van der Waals surface area contributed by atoms with Gasteiger partial charge in [0, 0.05) is 0 Å². The first kappa shape index (κ1) is 13.6. The highest BCUT2D eigenvalue weighted by atomic mass is 16.6. The molecule has 0 amide bonds. The van der Waals surface area contributed by atoms with E-state index in [1.165, 1.54) is 0 Å². The quantitative estimate of drug-likeness (QED) is 0.418. The van der Waals surface area contributed by atoms with Crippen molar-refractivity contribution in [2.24, 2.45) is 0 Å². The molecule has 0 saturated heterocycles. The molecule has 1 rings (SSSR count). The van der Waals surface area contributed by atoms with Crippen LogP contribution in [0, 0.1) is 10.1 Å². The number of ether oxygens (including phenoxy) is 2. The number of carbonyl (C=O) groups is 2. The van der Waals surface area contributed by atoms with Crippen LogP contribution in [0.25, 0.3) is 0 Å². The van der Waals surface area contributed by atoms with Gasteiger partial charge in [-0.05, 0) is 6.92 Å². The Hall–Kier alpha value is -2.45. The van der Waals surface area contributed by atoms with Gasteiger partial charge in [-0.1, -0.05) is 0 Å². The second-order valence-electron chi connectivity index (χ2n) is 3.09. The van der Waals surface area contributed by atoms with Crippen LogP contribution in [-0.2, 0) is 20.8 Å². The number of hydrogen-bond donors (Lipinski definition) is 0. The maximum absolute atomic E-state index is 11.4. The van der Waals surface area contributed by atoms with Gasteiger partial charge >= 0.3 is 17.6 Å². The smallest absolute Gasteiger partial charge is 0.363 e. The number of aromatic nitrogens is 2. The summed E-state index contributed by atoms with van der Waals surface area (Å²) >= 11 is 0. The summed E-state index contributed by atoms with van der Waals surface area (Å²) in [6.07, 6.45) is 0.880. The molecule has 1 aromatic rings. The number of nitro groups is 1. The summed E-state index contributed by atoms with van der Waals surface area (Å²) in [5, 5.41) is 14.3. The molecule has 0 saturated carbocycles. The van der Waals surface area contributed by atoms with Crippen LogP contribution in [0.4, 0.5) is 5.69 Å². The first-order chi connectivity index (χ1) is 8.51. The maximum Gasteiger partial charge on any atom is 0.363 e. The first-order valence-electron chi connectivity index (χ1n) is 4.95. The third kappa shape index (κ3) is 2.81. The highest BCUT2D eigenvalue weighted by molar-refractivity contribution is 5.92. The SMILES string of the molecule is CCOC(=O)Cn1ncc([N+](=O)[O-])c1C(=O)OC. The van der Waals surface area contributed by atoms with Gasteiger partial charge < -0.3 is 9.47 Å². The molecule has 0 fully saturated rings. The number of hydrogen-bond acceptors (Lipinski definition) is 7. The summed E-state index contributed by atoms with van der Waals surface area (Å²) in [7, 11) is 1.08. The van der Waals surface area contributed by atoms with Crippen molar-refractivity contribution in [3.63, 3.8) is 0 Å². The molecule has 0 N–H and O–H groups in total. The summed E-state index contributed by atoms with van der Waals surface area (Å²) in [4.78, 5) is 32.6. The molecule has 9 heteroatoms. The average Bonchev–Trinajstić information content (AvgIpc) is 2.72. The summed E-state index contributed by atoms with van der Waals surface area (Å²) in [6.45, 7) is 1.38. The van der Waals surface area contributed by atoms with Gasteiger partial charge in [0.15, 0.2) is 0 Å². The summed E-state index contributed by atoms with van der Waals surface area (Å²) < 4.78 is 9.95. The molecule has 0 aromatic carbocycles. The molecule has 0 bridgehead atoms. The van der Waals surface area contributed by atoms with E-state index in [0.29, 0.717) is 0 Å². The Morgan fingerprint density at radius 2 is 2.22 bits per heavy atom. The first-order valence-corrected chi connectivity index (χ1v) is 4.95. The van der Waals surface area contributed by atoms with Gasteiger partial charge in [0.25, 0.3) is 0 Å². The topological polar surface area (TPSA) is 114 Å². The van der Waals surface area contributed by atoms with Gasteiger partial charge in [-0.15, -0.1) is 0 Å². The van der Waals surface area contributed by atoms with Crippen molar-refractivity contribution in [1.82, 2.24) is 9.78 Å². The molecular weight excluding hydrogens is 246 g/mol. The zero-order chi connectivity index (χ0) is 13.7. The van der Waals surface area contributed by atoms with Gasteiger partial charge in [0.05, 0.1) is 18.6 Å². The van der Waals surface area contributed by atoms with Crippen LogP contribution < -0.4 is 0 Å². The Morgan fingerprint density at radius 1 is 1.56 bits per heavy atom. The fourth-order valence-electron chi connectivity index (χ4n) is 1.26. The molecular formula is C9H11N3O6. The average molecular weight is 257 g/mol. The van der Waals surface area contributed by atoms with E-state index >= 15 is 0 Å². The molecule has 1 aromatic heterocycles. The molecule has 0 unspecified atom stereocenters. The number of rotatable bonds is 5. The fourth-order valence-corrected chi connectivity index (χ4v) is 1.26. The van der Waals surface area contributed by atoms with Gasteiger partial charge in [-0.3, -0.25) is 14.9 Å². The molecule has 1 heterocycles. The van der Waals surface area contributed by atoms with Crippen molar-refractivity contribution >= 4 is 17.6 Å². The van der Waals surface area contributed by atoms with Gasteiger partial charge in [-0.2, -0.15) is 5.10 Å². The second-order valence-corrected chi connectivity index (χ2v) is 3.09. The lowest BCUT2D eigenvalue weighted by atomic mass is 10.3. The van der Waals surface area contributed by atoms with E-state index in [1.807, 2.05) is 0 Å². The maximum atomic E-state index is 11.4. The Bertz CT molecular complexity index is 481. The molecule has 98 valence electrons. The second kappa shape index (κ2) is 5.75. The van der Waals surface area contributed by atoms with Crippen LogP contribution >= 0.6 is 0 Å². The molecule has 0 atom stereocenters. The zero-order valence-electron chi connectivity index (χ0n) is 9.78. The van der Waals surface area contributed by atoms with Crippen LogP contribution in [-0.4, -0.2) is 40.4 Å². The fraction of sp³-hybridized carbons (Fsp3) is 0.444. The van der Waals surface area contributed by atoms with Crippen molar-refractivity contribution in [3.8, 4) is 0 Å². The van der Waals surface area contributed by atoms with E-state index in [9.17, 15) is 19.7 Å². The van der Waals surface area contributed by atoms with E-state index in [1.54, 1.807) is 6.92 Å². The molecule has 0 aliphatic carbocycles. The van der Waals surface area contributed by atoms with Crippen LogP contribution in [0.1, 0.15) is 17.4 Å². The number of nitrogens with zero attached hydrogens (tertiary/aromatic N) is 3. The Morgan fingerprint density at radius 3 is 2.72 bits per heavy atom. The predicted octanol–water partition coefficient (Wildman–Crippen LogP) is 0.141. The van der Waals surface area contributed by atoms with E-state index in [2.05, 4.69) is 14.6 Å². The minimum Gasteiger partial charge on any atom is -0.465 e. The minimum absolute atomic E-state index is 0.162. The van der Waals surface area contributed by atoms with Gasteiger partial charge in [0.2, 0.25) is 5.69 Å². The number of esters is 2. The Labute approximate surface area is 101 Å². The van der Waals surface area contributed by atoms with Crippen molar-refractivity contribution in [2.75, 3.05) is 13.7 Å². The van der Waals surface area contributed by atoms with Crippen molar-refractivity contribution < 1.29 is 24.0 Å². The van der Waals surface area contributed by atoms with E-state index in [-0.39, 0.29) is 6.61 Å². The van der Waals surface area contributed by atoms with Crippen LogP contribution in [0.2, 0.25) is 0 Å². The third-order valence-corrected chi connectivity index (χ3v) is 1.98. The molecule has 9 nitrogen and oxygen atoms in total. The van der Waals surface area contributed by atoms with Gasteiger partial charge in [-0.25, -0.2) is 9.48 Å². The summed E-state index contributed by atoms with van der Waals surface area (Å²) in [6, 6.07) is 0. The van der Waals surface area contributed by atoms with Crippen molar-refractivity contribution in [2.45, 2.75) is 13.5 Å². The lowest BCUT2D eigenvalue weighted by Crippen LogP contribution is -2.19. The number of methoxy groups -OCH3 is 1. The normalized spacial score (nSPS) is 9.89. The van der Waals surface area contributed by atoms with E-state index in [0.717, 1.165) is 18.0 Å². The predicted molar refractivity (Wildman–Crippen MR) is 56.9 cm³/mol. The van der Waals surface area contributed by atoms with E-state index < -0.39 is 34.8 Å². The Balaban J connectivity index is 3.08. The van der Waals surface area contributed by atoms with Crippen LogP contribution in [0.5, 0.6) is 0 Å². The molecule has 18 heavy (non-hydrogen) atoms. The van der Waals surface area contributed by atoms with Gasteiger partial charge in [0.1, 0.15) is 12.7 Å². The summed E-state index contributed by atoms with van der Waals surface area (Å²) in [5.74, 6) is -1.59. The Kier molecular flexibility index (Phi) is 4.35. The molecule has 0 spiro atoms. The third-order valence-electron chi connectivity index (χ3n) is 1.98. The highest BCUT2D eigenvalue weighted by Crippen LogP contribution is 2.18. The van der Waals surface area contributed by atoms with Crippen LogP contribution in [0.3, 0.4) is 0 Å². The largest absolute Gasteiger partial charge is 0.465 e. The number of carbonyl (C=O) groups excluding carboxylic acids is 2. The van der Waals surface area contributed by atoms with Crippen LogP contribution in [0.15, 0.2) is 6.20 Å². The monoisotopic (exact) mass is 257 g/mol. The van der Waals surface area contributed by atoms with Crippen molar-refractivity contribution in [1.29, 1.82) is 0 Å². The molecule has 0 radical (unpaired) electrons. The highest BCUT2D eigenvalue weighted by Gasteiger charge is 2.28. The standard InChI is InChI=1S/C9H11N3O6/c1-3-18-7(13)5-11-8(9(14)17-2)6(4-10-11)12(15)16/h4H,3,5H2,1-2H3. The lowest BCUT2D eigenvalue weighted by Gasteiger charge is -2.04. The summed E-state index contributed by atoms with van der Waals surface area (Å²) in [5.41, 5.74) is -0.915. The van der Waals surface area contributed by atoms with E-state index in [4.69, 9.17) is 0 Å². The molecule has 0 aliphatic rings. The zero-order valence-corrected chi connectivity index (χ0v) is 9.78.